The van der Waals surface area contributed by atoms with Gasteiger partial charge < -0.3 is 4.90 Å². The third-order valence-electron chi connectivity index (χ3n) is 3.10. The Kier molecular flexibility index (Phi) is 5.25. The Bertz CT molecular complexity index is 397. The predicted octanol–water partition coefficient (Wildman–Crippen LogP) is 3.65. The van der Waals surface area contributed by atoms with Gasteiger partial charge in [0.15, 0.2) is 0 Å². The Hall–Kier alpha value is -1.45. The summed E-state index contributed by atoms with van der Waals surface area (Å²) >= 11 is 0. The van der Waals surface area contributed by atoms with Crippen molar-refractivity contribution in [3.8, 4) is 0 Å². The molecule has 0 aliphatic rings. The molecule has 1 unspecified atom stereocenters. The summed E-state index contributed by atoms with van der Waals surface area (Å²) in [7, 11) is 0. The van der Waals surface area contributed by atoms with Crippen LogP contribution in [0.5, 0.6) is 0 Å². The van der Waals surface area contributed by atoms with Gasteiger partial charge in [0, 0.05) is 18.7 Å². The lowest BCUT2D eigenvalue weighted by atomic mass is 10.1. The van der Waals surface area contributed by atoms with Crippen LogP contribution < -0.4 is 4.90 Å². The van der Waals surface area contributed by atoms with Crippen LogP contribution in [0.2, 0.25) is 0 Å². The Morgan fingerprint density at radius 3 is 2.22 bits per heavy atom. The number of hydrogen-bond acceptors (Lipinski definition) is 2. The molecule has 0 aliphatic carbocycles. The van der Waals surface area contributed by atoms with Crippen LogP contribution in [0.4, 0.5) is 14.5 Å². The summed E-state index contributed by atoms with van der Waals surface area (Å²) in [5.41, 5.74) is -0.0169. The van der Waals surface area contributed by atoms with Gasteiger partial charge in [-0.25, -0.2) is 8.78 Å². The summed E-state index contributed by atoms with van der Waals surface area (Å²) in [6.45, 7) is 7.06. The van der Waals surface area contributed by atoms with E-state index >= 15 is 0 Å². The molecule has 0 bridgehead atoms. The maximum atomic E-state index is 13.8. The molecule has 18 heavy (non-hydrogen) atoms. The molecule has 0 saturated carbocycles. The third kappa shape index (κ3) is 3.28. The van der Waals surface area contributed by atoms with Crippen LogP contribution >= 0.6 is 0 Å². The van der Waals surface area contributed by atoms with E-state index in [1.807, 2.05) is 20.8 Å². The van der Waals surface area contributed by atoms with Crippen LogP contribution in [0.15, 0.2) is 12.1 Å². The van der Waals surface area contributed by atoms with E-state index in [0.29, 0.717) is 25.3 Å². The maximum Gasteiger partial charge on any atom is 0.150 e. The van der Waals surface area contributed by atoms with Gasteiger partial charge in [-0.2, -0.15) is 0 Å². The molecule has 0 aliphatic heterocycles. The SMILES string of the molecule is CCC(C)CN(CC)c1c(F)cc(C=O)cc1F. The maximum absolute atomic E-state index is 13.8. The lowest BCUT2D eigenvalue weighted by Crippen LogP contribution is -2.29. The molecule has 0 fully saturated rings. The van der Waals surface area contributed by atoms with Crippen LogP contribution in [-0.2, 0) is 0 Å². The Labute approximate surface area is 107 Å². The van der Waals surface area contributed by atoms with Gasteiger partial charge in [0.05, 0.1) is 0 Å². The second kappa shape index (κ2) is 6.47. The largest absolute Gasteiger partial charge is 0.367 e. The number of nitrogens with zero attached hydrogens (tertiary/aromatic N) is 1. The topological polar surface area (TPSA) is 20.3 Å². The van der Waals surface area contributed by atoms with E-state index < -0.39 is 11.6 Å². The number of anilines is 1. The number of rotatable bonds is 6. The van der Waals surface area contributed by atoms with Gasteiger partial charge in [0.1, 0.15) is 23.6 Å². The summed E-state index contributed by atoms with van der Waals surface area (Å²) in [5.74, 6) is -1.00. The minimum absolute atomic E-state index is 0.0216. The van der Waals surface area contributed by atoms with E-state index in [1.165, 1.54) is 0 Å². The zero-order valence-electron chi connectivity index (χ0n) is 11.0. The minimum atomic E-state index is -0.678. The number of aldehydes is 1. The second-order valence-electron chi connectivity index (χ2n) is 4.50. The molecule has 1 atom stereocenters. The number of carbonyl (C=O) groups is 1. The van der Waals surface area contributed by atoms with Crippen LogP contribution in [0.3, 0.4) is 0 Å². The molecule has 0 radical (unpaired) electrons. The first-order chi connectivity index (χ1) is 8.53. The van der Waals surface area contributed by atoms with Crippen LogP contribution in [0, 0.1) is 17.6 Å². The van der Waals surface area contributed by atoms with Gasteiger partial charge in [0.25, 0.3) is 0 Å². The molecular formula is C14H19F2NO. The average Bonchev–Trinajstić information content (AvgIpc) is 2.35. The zero-order valence-corrected chi connectivity index (χ0v) is 11.0. The zero-order chi connectivity index (χ0) is 13.7. The monoisotopic (exact) mass is 255 g/mol. The highest BCUT2D eigenvalue weighted by Gasteiger charge is 2.18. The standard InChI is InChI=1S/C14H19F2NO/c1-4-10(3)8-17(5-2)14-12(15)6-11(9-18)7-13(14)16/h6-7,9-10H,4-5,8H2,1-3H3. The molecule has 2 nitrogen and oxygen atoms in total. The average molecular weight is 255 g/mol. The van der Waals surface area contributed by atoms with Crippen molar-refractivity contribution in [2.75, 3.05) is 18.0 Å². The summed E-state index contributed by atoms with van der Waals surface area (Å²) < 4.78 is 27.7. The Morgan fingerprint density at radius 1 is 1.28 bits per heavy atom. The Balaban J connectivity index is 3.09. The van der Waals surface area contributed by atoms with E-state index in [9.17, 15) is 13.6 Å². The summed E-state index contributed by atoms with van der Waals surface area (Å²) in [5, 5.41) is 0. The number of carbonyl (C=O) groups excluding carboxylic acids is 1. The van der Waals surface area contributed by atoms with Gasteiger partial charge in [-0.15, -0.1) is 0 Å². The van der Waals surface area contributed by atoms with E-state index in [-0.39, 0.29) is 11.3 Å². The Morgan fingerprint density at radius 2 is 1.83 bits per heavy atom. The quantitative estimate of drug-likeness (QED) is 0.723. The van der Waals surface area contributed by atoms with E-state index in [2.05, 4.69) is 0 Å². The number of halogens is 2. The highest BCUT2D eigenvalue weighted by atomic mass is 19.1. The van der Waals surface area contributed by atoms with Gasteiger partial charge in [-0.1, -0.05) is 20.3 Å². The van der Waals surface area contributed by atoms with Gasteiger partial charge >= 0.3 is 0 Å². The summed E-state index contributed by atoms with van der Waals surface area (Å²) in [6.07, 6.45) is 1.40. The second-order valence-corrected chi connectivity index (χ2v) is 4.50. The summed E-state index contributed by atoms with van der Waals surface area (Å²) in [6, 6.07) is 2.15. The molecule has 0 heterocycles. The molecule has 0 spiro atoms. The molecule has 100 valence electrons. The van der Waals surface area contributed by atoms with E-state index in [4.69, 9.17) is 0 Å². The van der Waals surface area contributed by atoms with Crippen molar-refractivity contribution in [3.63, 3.8) is 0 Å². The van der Waals surface area contributed by atoms with Crippen molar-refractivity contribution in [3.05, 3.63) is 29.3 Å². The molecule has 0 aromatic heterocycles. The van der Waals surface area contributed by atoms with Crippen molar-refractivity contribution in [1.29, 1.82) is 0 Å². The molecule has 0 amide bonds. The first kappa shape index (κ1) is 14.6. The number of hydrogen-bond donors (Lipinski definition) is 0. The molecule has 0 N–H and O–H groups in total. The van der Waals surface area contributed by atoms with Crippen molar-refractivity contribution >= 4 is 12.0 Å². The first-order valence-corrected chi connectivity index (χ1v) is 6.22. The van der Waals surface area contributed by atoms with Crippen molar-refractivity contribution in [2.45, 2.75) is 27.2 Å². The van der Waals surface area contributed by atoms with Crippen LogP contribution in [-0.4, -0.2) is 19.4 Å². The van der Waals surface area contributed by atoms with Gasteiger partial charge in [0.2, 0.25) is 0 Å². The van der Waals surface area contributed by atoms with Gasteiger partial charge in [-0.3, -0.25) is 4.79 Å². The van der Waals surface area contributed by atoms with Crippen molar-refractivity contribution in [1.82, 2.24) is 0 Å². The lowest BCUT2D eigenvalue weighted by Gasteiger charge is -2.27. The van der Waals surface area contributed by atoms with Gasteiger partial charge in [-0.05, 0) is 25.0 Å². The molecular weight excluding hydrogens is 236 g/mol. The van der Waals surface area contributed by atoms with Crippen molar-refractivity contribution < 1.29 is 13.6 Å². The molecule has 1 aromatic carbocycles. The fourth-order valence-corrected chi connectivity index (χ4v) is 1.84. The summed E-state index contributed by atoms with van der Waals surface area (Å²) in [4.78, 5) is 12.2. The normalized spacial score (nSPS) is 12.3. The fourth-order valence-electron chi connectivity index (χ4n) is 1.84. The predicted molar refractivity (Wildman–Crippen MR) is 69.1 cm³/mol. The molecule has 4 heteroatoms. The lowest BCUT2D eigenvalue weighted by molar-refractivity contribution is 0.112. The fraction of sp³-hybridized carbons (Fsp3) is 0.500. The highest BCUT2D eigenvalue weighted by molar-refractivity contribution is 5.76. The molecule has 1 rings (SSSR count). The first-order valence-electron chi connectivity index (χ1n) is 6.22. The molecule has 0 saturated heterocycles. The van der Waals surface area contributed by atoms with E-state index in [0.717, 1.165) is 18.6 Å². The number of benzene rings is 1. The van der Waals surface area contributed by atoms with Crippen molar-refractivity contribution in [2.24, 2.45) is 5.92 Å². The third-order valence-corrected chi connectivity index (χ3v) is 3.10. The minimum Gasteiger partial charge on any atom is -0.367 e. The van der Waals surface area contributed by atoms with E-state index in [1.54, 1.807) is 4.90 Å². The van der Waals surface area contributed by atoms with Crippen LogP contribution in [0.1, 0.15) is 37.6 Å². The smallest absolute Gasteiger partial charge is 0.150 e. The molecule has 1 aromatic rings. The van der Waals surface area contributed by atoms with Crippen LogP contribution in [0.25, 0.3) is 0 Å². The highest BCUT2D eigenvalue weighted by Crippen LogP contribution is 2.25.